The van der Waals surface area contributed by atoms with Crippen LogP contribution in [0.5, 0.6) is 0 Å². The third-order valence-electron chi connectivity index (χ3n) is 2.94. The fourth-order valence-corrected chi connectivity index (χ4v) is 5.99. The molecule has 1 aliphatic rings. The molecule has 0 aromatic rings. The molecule has 0 radical (unpaired) electrons. The predicted octanol–water partition coefficient (Wildman–Crippen LogP) is 5.14. The van der Waals surface area contributed by atoms with Gasteiger partial charge in [0.15, 0.2) is 0 Å². The molecule has 0 saturated carbocycles. The molecular weight excluding hydrogens is 212 g/mol. The molecule has 0 aromatic heterocycles. The van der Waals surface area contributed by atoms with Gasteiger partial charge in [-0.1, -0.05) is 50.4 Å². The quantitative estimate of drug-likeness (QED) is 0.471. The first-order valence-electron chi connectivity index (χ1n) is 6.37. The van der Waals surface area contributed by atoms with Crippen molar-refractivity contribution in [2.45, 2.75) is 70.6 Å². The lowest BCUT2D eigenvalue weighted by Crippen LogP contribution is -2.22. The van der Waals surface area contributed by atoms with Crippen LogP contribution in [0.4, 0.5) is 0 Å². The average Bonchev–Trinajstić information content (AvgIpc) is 2.29. The molecule has 1 rings (SSSR count). The first kappa shape index (κ1) is 13.2. The van der Waals surface area contributed by atoms with Crippen LogP contribution in [0, 0.1) is 0 Å². The van der Waals surface area contributed by atoms with Crippen LogP contribution in [-0.4, -0.2) is 16.1 Å². The van der Waals surface area contributed by atoms with Crippen LogP contribution in [0.1, 0.15) is 19.3 Å². The second-order valence-corrected chi connectivity index (χ2v) is 18.5. The Labute approximate surface area is 98.2 Å². The van der Waals surface area contributed by atoms with Crippen LogP contribution in [0.25, 0.3) is 0 Å². The van der Waals surface area contributed by atoms with E-state index >= 15 is 0 Å². The Kier molecular flexibility index (Phi) is 4.04. The Hall–Kier alpha value is 0.174. The second kappa shape index (κ2) is 4.58. The van der Waals surface area contributed by atoms with E-state index in [0.717, 1.165) is 0 Å². The van der Waals surface area contributed by atoms with Gasteiger partial charge in [-0.3, -0.25) is 0 Å². The Morgan fingerprint density at radius 3 is 1.33 bits per heavy atom. The zero-order chi connectivity index (χ0) is 11.7. The molecule has 1 aliphatic carbocycles. The van der Waals surface area contributed by atoms with E-state index in [1.54, 1.807) is 0 Å². The van der Waals surface area contributed by atoms with Gasteiger partial charge in [-0.2, -0.15) is 0 Å². The monoisotopic (exact) mass is 240 g/mol. The molecule has 2 heteroatoms. The van der Waals surface area contributed by atoms with Crippen molar-refractivity contribution in [3.05, 3.63) is 11.1 Å². The van der Waals surface area contributed by atoms with Crippen molar-refractivity contribution in [2.75, 3.05) is 0 Å². The van der Waals surface area contributed by atoms with Gasteiger partial charge in [0.25, 0.3) is 0 Å². The summed E-state index contributed by atoms with van der Waals surface area (Å²) in [5, 5.41) is 0. The summed E-state index contributed by atoms with van der Waals surface area (Å²) < 4.78 is 0. The summed E-state index contributed by atoms with van der Waals surface area (Å²) in [4.78, 5) is 0. The van der Waals surface area contributed by atoms with Gasteiger partial charge in [0.2, 0.25) is 0 Å². The molecule has 0 bridgehead atoms. The molecule has 15 heavy (non-hydrogen) atoms. The van der Waals surface area contributed by atoms with E-state index in [4.69, 9.17) is 0 Å². The molecule has 0 amide bonds. The van der Waals surface area contributed by atoms with Crippen molar-refractivity contribution in [1.82, 2.24) is 0 Å². The third kappa shape index (κ3) is 5.16. The molecule has 0 nitrogen and oxygen atoms in total. The van der Waals surface area contributed by atoms with E-state index in [1.165, 1.54) is 31.4 Å². The maximum atomic E-state index is 2.50. The van der Waals surface area contributed by atoms with E-state index in [2.05, 4.69) is 39.3 Å². The van der Waals surface area contributed by atoms with Gasteiger partial charge in [-0.05, 0) is 31.4 Å². The zero-order valence-electron chi connectivity index (χ0n) is 11.5. The van der Waals surface area contributed by atoms with Crippen LogP contribution in [0.3, 0.4) is 0 Å². The van der Waals surface area contributed by atoms with Crippen LogP contribution in [-0.2, 0) is 0 Å². The highest BCUT2D eigenvalue weighted by Crippen LogP contribution is 2.36. The van der Waals surface area contributed by atoms with E-state index in [-0.39, 0.29) is 0 Å². The highest BCUT2D eigenvalue weighted by atomic mass is 28.3. The highest BCUT2D eigenvalue weighted by Gasteiger charge is 2.24. The molecule has 0 aromatic carbocycles. The Morgan fingerprint density at radius 1 is 0.733 bits per heavy atom. The molecule has 0 aliphatic heterocycles. The standard InChI is InChI=1S/C13H28Si2/c1-14(2,3)10-12-8-7-9-13(12)11-15(4,5)6/h7-11H2,1-6H3. The van der Waals surface area contributed by atoms with E-state index < -0.39 is 16.1 Å². The average molecular weight is 241 g/mol. The molecule has 0 spiro atoms. The zero-order valence-corrected chi connectivity index (χ0v) is 13.5. The number of hydrogen-bond acceptors (Lipinski definition) is 0. The lowest BCUT2D eigenvalue weighted by molar-refractivity contribution is 0.889. The fourth-order valence-electron chi connectivity index (χ4n) is 2.58. The number of rotatable bonds is 4. The minimum Gasteiger partial charge on any atom is -0.0739 e. The number of hydrogen-bond donors (Lipinski definition) is 0. The highest BCUT2D eigenvalue weighted by molar-refractivity contribution is 6.77. The van der Waals surface area contributed by atoms with E-state index in [9.17, 15) is 0 Å². The largest absolute Gasteiger partial charge is 0.0739 e. The molecule has 0 heterocycles. The van der Waals surface area contributed by atoms with Crippen LogP contribution in [0.15, 0.2) is 11.1 Å². The maximum Gasteiger partial charge on any atom is 0.0483 e. The summed E-state index contributed by atoms with van der Waals surface area (Å²) in [6.45, 7) is 15.0. The molecule has 88 valence electrons. The lowest BCUT2D eigenvalue weighted by Gasteiger charge is -2.21. The molecule has 0 unspecified atom stereocenters. The van der Waals surface area contributed by atoms with Crippen LogP contribution < -0.4 is 0 Å². The van der Waals surface area contributed by atoms with Crippen molar-refractivity contribution < 1.29 is 0 Å². The smallest absolute Gasteiger partial charge is 0.0483 e. The summed E-state index contributed by atoms with van der Waals surface area (Å²) in [6, 6.07) is 2.93. The molecule has 0 N–H and O–H groups in total. The van der Waals surface area contributed by atoms with Gasteiger partial charge >= 0.3 is 0 Å². The summed E-state index contributed by atoms with van der Waals surface area (Å²) in [5.41, 5.74) is 3.74. The molecule has 0 atom stereocenters. The van der Waals surface area contributed by atoms with Crippen molar-refractivity contribution in [2.24, 2.45) is 0 Å². The predicted molar refractivity (Wildman–Crippen MR) is 77.2 cm³/mol. The fraction of sp³-hybridized carbons (Fsp3) is 0.846. The van der Waals surface area contributed by atoms with E-state index in [1.807, 2.05) is 11.1 Å². The summed E-state index contributed by atoms with van der Waals surface area (Å²) in [7, 11) is -1.76. The van der Waals surface area contributed by atoms with Gasteiger partial charge in [0.05, 0.1) is 0 Å². The molecule has 0 fully saturated rings. The van der Waals surface area contributed by atoms with Gasteiger partial charge in [-0.25, -0.2) is 0 Å². The van der Waals surface area contributed by atoms with Crippen molar-refractivity contribution in [1.29, 1.82) is 0 Å². The Morgan fingerprint density at radius 2 is 1.07 bits per heavy atom. The minimum atomic E-state index is -0.882. The molecule has 0 saturated heterocycles. The minimum absolute atomic E-state index is 0.882. The molecular formula is C13H28Si2. The van der Waals surface area contributed by atoms with Gasteiger partial charge < -0.3 is 0 Å². The van der Waals surface area contributed by atoms with Gasteiger partial charge in [-0.15, -0.1) is 0 Å². The first-order valence-corrected chi connectivity index (χ1v) is 13.8. The van der Waals surface area contributed by atoms with E-state index in [0.29, 0.717) is 0 Å². The van der Waals surface area contributed by atoms with Crippen molar-refractivity contribution in [3.8, 4) is 0 Å². The van der Waals surface area contributed by atoms with Crippen LogP contribution >= 0.6 is 0 Å². The first-order chi connectivity index (χ1) is 6.67. The number of allylic oxidation sites excluding steroid dienone is 2. The van der Waals surface area contributed by atoms with Gasteiger partial charge in [0.1, 0.15) is 0 Å². The second-order valence-electron chi connectivity index (χ2n) is 7.54. The topological polar surface area (TPSA) is 0 Å². The Balaban J connectivity index is 2.70. The summed E-state index contributed by atoms with van der Waals surface area (Å²) >= 11 is 0. The van der Waals surface area contributed by atoms with Crippen molar-refractivity contribution >= 4 is 16.1 Å². The maximum absolute atomic E-state index is 2.50. The van der Waals surface area contributed by atoms with Gasteiger partial charge in [0, 0.05) is 16.1 Å². The van der Waals surface area contributed by atoms with Crippen molar-refractivity contribution in [3.63, 3.8) is 0 Å². The van der Waals surface area contributed by atoms with Crippen LogP contribution in [0.2, 0.25) is 51.4 Å². The SMILES string of the molecule is C[Si](C)(C)CC1=C(C[Si](C)(C)C)CCC1. The third-order valence-corrected chi connectivity index (χ3v) is 5.92. The summed E-state index contributed by atoms with van der Waals surface area (Å²) in [6.07, 6.45) is 4.29. The normalized spacial score (nSPS) is 18.8. The summed E-state index contributed by atoms with van der Waals surface area (Å²) in [5.74, 6) is 0. The Bertz CT molecular complexity index is 225. The lowest BCUT2D eigenvalue weighted by atomic mass is 10.2.